The molecule has 0 aromatic heterocycles. The molecule has 5 nitrogen and oxygen atoms in total. The first-order chi connectivity index (χ1) is 8.70. The standard InChI is InChI=1S/C13H26O5/c1-2-3-4-5-6-7-8-17-13-12(16)11(15)10(9-14)18-13/h10-16H,2-9H2,1H3/t10-,11-,12+,13?/m0/s1. The van der Waals surface area contributed by atoms with Crippen molar-refractivity contribution in [1.82, 2.24) is 0 Å². The van der Waals surface area contributed by atoms with Gasteiger partial charge in [0.05, 0.1) is 6.61 Å². The average Bonchev–Trinajstić information content (AvgIpc) is 2.65. The number of aliphatic hydroxyl groups excluding tert-OH is 3. The topological polar surface area (TPSA) is 79.2 Å². The molecule has 1 aliphatic rings. The molecule has 0 aromatic rings. The summed E-state index contributed by atoms with van der Waals surface area (Å²) in [4.78, 5) is 0. The van der Waals surface area contributed by atoms with Gasteiger partial charge < -0.3 is 24.8 Å². The van der Waals surface area contributed by atoms with Crippen molar-refractivity contribution in [3.63, 3.8) is 0 Å². The highest BCUT2D eigenvalue weighted by atomic mass is 16.7. The van der Waals surface area contributed by atoms with Gasteiger partial charge in [0.2, 0.25) is 0 Å². The monoisotopic (exact) mass is 262 g/mol. The Hall–Kier alpha value is -0.200. The molecule has 1 fully saturated rings. The van der Waals surface area contributed by atoms with Gasteiger partial charge in [0.15, 0.2) is 6.29 Å². The second kappa shape index (κ2) is 8.82. The van der Waals surface area contributed by atoms with Crippen LogP contribution in [0, 0.1) is 0 Å². The molecule has 0 aromatic carbocycles. The largest absolute Gasteiger partial charge is 0.394 e. The highest BCUT2D eigenvalue weighted by Gasteiger charge is 2.42. The summed E-state index contributed by atoms with van der Waals surface area (Å²) in [5.74, 6) is 0. The number of unbranched alkanes of at least 4 members (excludes halogenated alkanes) is 5. The van der Waals surface area contributed by atoms with Gasteiger partial charge in [-0.05, 0) is 6.42 Å². The van der Waals surface area contributed by atoms with Crippen LogP contribution in [0.2, 0.25) is 0 Å². The van der Waals surface area contributed by atoms with E-state index < -0.39 is 24.6 Å². The van der Waals surface area contributed by atoms with E-state index in [0.717, 1.165) is 12.8 Å². The second-order valence-corrected chi connectivity index (χ2v) is 4.85. The molecule has 108 valence electrons. The average molecular weight is 262 g/mol. The Bertz CT molecular complexity index is 212. The molecule has 3 N–H and O–H groups in total. The molecular weight excluding hydrogens is 236 g/mol. The molecule has 0 spiro atoms. The maximum absolute atomic E-state index is 9.62. The van der Waals surface area contributed by atoms with Gasteiger partial charge in [-0.1, -0.05) is 39.0 Å². The van der Waals surface area contributed by atoms with Crippen molar-refractivity contribution in [2.24, 2.45) is 0 Å². The van der Waals surface area contributed by atoms with Crippen molar-refractivity contribution in [2.45, 2.75) is 70.1 Å². The van der Waals surface area contributed by atoms with E-state index in [2.05, 4.69) is 6.92 Å². The van der Waals surface area contributed by atoms with Gasteiger partial charge in [0.25, 0.3) is 0 Å². The molecule has 1 rings (SSSR count). The van der Waals surface area contributed by atoms with E-state index in [1.807, 2.05) is 0 Å². The van der Waals surface area contributed by atoms with Crippen molar-refractivity contribution in [1.29, 1.82) is 0 Å². The van der Waals surface area contributed by atoms with Crippen LogP contribution in [0.25, 0.3) is 0 Å². The SMILES string of the molecule is CCCCCCCCOC1O[C@@H](CO)[C@H](O)[C@H]1O. The van der Waals surface area contributed by atoms with Gasteiger partial charge in [-0.2, -0.15) is 0 Å². The molecule has 5 heteroatoms. The molecule has 0 amide bonds. The van der Waals surface area contributed by atoms with Crippen molar-refractivity contribution in [2.75, 3.05) is 13.2 Å². The zero-order chi connectivity index (χ0) is 13.4. The Labute approximate surface area is 109 Å². The van der Waals surface area contributed by atoms with Gasteiger partial charge in [-0.3, -0.25) is 0 Å². The van der Waals surface area contributed by atoms with Crippen LogP contribution >= 0.6 is 0 Å². The predicted molar refractivity (Wildman–Crippen MR) is 67.1 cm³/mol. The fourth-order valence-corrected chi connectivity index (χ4v) is 2.08. The fourth-order valence-electron chi connectivity index (χ4n) is 2.08. The van der Waals surface area contributed by atoms with Gasteiger partial charge >= 0.3 is 0 Å². The zero-order valence-corrected chi connectivity index (χ0v) is 11.1. The third-order valence-electron chi connectivity index (χ3n) is 3.28. The van der Waals surface area contributed by atoms with Gasteiger partial charge in [0.1, 0.15) is 18.3 Å². The van der Waals surface area contributed by atoms with Crippen LogP contribution in [0.15, 0.2) is 0 Å². The van der Waals surface area contributed by atoms with Crippen LogP contribution in [-0.2, 0) is 9.47 Å². The first-order valence-corrected chi connectivity index (χ1v) is 6.94. The Kier molecular flexibility index (Phi) is 7.77. The quantitative estimate of drug-likeness (QED) is 0.536. The fraction of sp³-hybridized carbons (Fsp3) is 1.00. The van der Waals surface area contributed by atoms with Crippen LogP contribution in [-0.4, -0.2) is 53.1 Å². The lowest BCUT2D eigenvalue weighted by Crippen LogP contribution is -2.34. The summed E-state index contributed by atoms with van der Waals surface area (Å²) in [7, 11) is 0. The molecule has 0 aliphatic carbocycles. The first kappa shape index (κ1) is 15.9. The summed E-state index contributed by atoms with van der Waals surface area (Å²) in [5, 5.41) is 28.0. The van der Waals surface area contributed by atoms with E-state index in [0.29, 0.717) is 6.61 Å². The van der Waals surface area contributed by atoms with E-state index in [-0.39, 0.29) is 6.61 Å². The number of hydrogen-bond acceptors (Lipinski definition) is 5. The zero-order valence-electron chi connectivity index (χ0n) is 11.1. The van der Waals surface area contributed by atoms with Crippen LogP contribution in [0.3, 0.4) is 0 Å². The molecule has 1 aliphatic heterocycles. The maximum Gasteiger partial charge on any atom is 0.186 e. The second-order valence-electron chi connectivity index (χ2n) is 4.85. The van der Waals surface area contributed by atoms with Crippen LogP contribution in [0.5, 0.6) is 0 Å². The minimum Gasteiger partial charge on any atom is -0.394 e. The van der Waals surface area contributed by atoms with Crippen molar-refractivity contribution < 1.29 is 24.8 Å². The van der Waals surface area contributed by atoms with E-state index in [1.165, 1.54) is 25.7 Å². The lowest BCUT2D eigenvalue weighted by atomic mass is 10.1. The third-order valence-corrected chi connectivity index (χ3v) is 3.28. The normalized spacial score (nSPS) is 32.0. The first-order valence-electron chi connectivity index (χ1n) is 6.94. The number of rotatable bonds is 9. The number of hydrogen-bond donors (Lipinski definition) is 3. The molecule has 1 saturated heterocycles. The van der Waals surface area contributed by atoms with Crippen molar-refractivity contribution >= 4 is 0 Å². The van der Waals surface area contributed by atoms with Crippen LogP contribution < -0.4 is 0 Å². The minimum atomic E-state index is -1.07. The summed E-state index contributed by atoms with van der Waals surface area (Å²) >= 11 is 0. The minimum absolute atomic E-state index is 0.310. The van der Waals surface area contributed by atoms with Gasteiger partial charge in [-0.15, -0.1) is 0 Å². The van der Waals surface area contributed by atoms with E-state index >= 15 is 0 Å². The molecule has 1 unspecified atom stereocenters. The highest BCUT2D eigenvalue weighted by Crippen LogP contribution is 2.22. The summed E-state index contributed by atoms with van der Waals surface area (Å²) < 4.78 is 10.6. The third kappa shape index (κ3) is 4.82. The molecule has 0 radical (unpaired) electrons. The van der Waals surface area contributed by atoms with Crippen LogP contribution in [0.1, 0.15) is 45.4 Å². The van der Waals surface area contributed by atoms with Gasteiger partial charge in [-0.25, -0.2) is 0 Å². The van der Waals surface area contributed by atoms with E-state index in [9.17, 15) is 10.2 Å². The predicted octanol–water partition coefficient (Wildman–Crippen LogP) is 0.802. The van der Waals surface area contributed by atoms with Crippen molar-refractivity contribution in [3.8, 4) is 0 Å². The molecular formula is C13H26O5. The summed E-state index contributed by atoms with van der Waals surface area (Å²) in [6.45, 7) is 2.39. The summed E-state index contributed by atoms with van der Waals surface area (Å²) in [5.41, 5.74) is 0. The molecule has 1 heterocycles. The molecule has 0 saturated carbocycles. The van der Waals surface area contributed by atoms with E-state index in [1.54, 1.807) is 0 Å². The Morgan fingerprint density at radius 3 is 2.28 bits per heavy atom. The molecule has 0 bridgehead atoms. The summed E-state index contributed by atoms with van der Waals surface area (Å²) in [6, 6.07) is 0. The Balaban J connectivity index is 2.05. The smallest absolute Gasteiger partial charge is 0.186 e. The van der Waals surface area contributed by atoms with Gasteiger partial charge in [0, 0.05) is 6.61 Å². The number of ether oxygens (including phenoxy) is 2. The van der Waals surface area contributed by atoms with Crippen molar-refractivity contribution in [3.05, 3.63) is 0 Å². The maximum atomic E-state index is 9.62. The molecule has 4 atom stereocenters. The number of aliphatic hydroxyl groups is 3. The lowest BCUT2D eigenvalue weighted by Gasteiger charge is -2.15. The van der Waals surface area contributed by atoms with Crippen LogP contribution in [0.4, 0.5) is 0 Å². The Morgan fingerprint density at radius 1 is 1.00 bits per heavy atom. The summed E-state index contributed by atoms with van der Waals surface area (Å²) in [6.07, 6.45) is 3.31. The highest BCUT2D eigenvalue weighted by molar-refractivity contribution is 4.86. The lowest BCUT2D eigenvalue weighted by molar-refractivity contribution is -0.169. The Morgan fingerprint density at radius 2 is 1.67 bits per heavy atom. The van der Waals surface area contributed by atoms with E-state index in [4.69, 9.17) is 14.6 Å². The molecule has 18 heavy (non-hydrogen) atoms.